The summed E-state index contributed by atoms with van der Waals surface area (Å²) in [5, 5.41) is 8.97. The van der Waals surface area contributed by atoms with Crippen molar-refractivity contribution in [3.05, 3.63) is 53.6 Å². The van der Waals surface area contributed by atoms with Gasteiger partial charge in [0.2, 0.25) is 5.55 Å². The summed E-state index contributed by atoms with van der Waals surface area (Å²) in [4.78, 5) is 0. The summed E-state index contributed by atoms with van der Waals surface area (Å²) in [5.74, 6) is 1.29. The van der Waals surface area contributed by atoms with Gasteiger partial charge in [0.1, 0.15) is 17.1 Å². The largest absolute Gasteiger partial charge is 0.496 e. The second-order valence-corrected chi connectivity index (χ2v) is 5.10. The Kier molecular flexibility index (Phi) is 3.59. The lowest BCUT2D eigenvalue weighted by atomic mass is 10.0. The average Bonchev–Trinajstić information content (AvgIpc) is 2.54. The molecular weight excluding hydrogens is 278 g/mol. The van der Waals surface area contributed by atoms with E-state index in [1.165, 1.54) is 5.56 Å². The van der Waals surface area contributed by atoms with E-state index in [0.717, 1.165) is 16.5 Å². The van der Waals surface area contributed by atoms with Crippen molar-refractivity contribution in [2.24, 2.45) is 0 Å². The smallest absolute Gasteiger partial charge is 0.219 e. The molecule has 4 heteroatoms. The molecule has 0 aliphatic carbocycles. The van der Waals surface area contributed by atoms with Crippen molar-refractivity contribution < 1.29 is 13.9 Å². The van der Waals surface area contributed by atoms with E-state index >= 15 is 0 Å². The third-order valence-corrected chi connectivity index (χ3v) is 3.64. The van der Waals surface area contributed by atoms with Gasteiger partial charge in [0.15, 0.2) is 0 Å². The zero-order chi connectivity index (χ0) is 15.7. The molecule has 0 unspecified atom stereocenters. The highest BCUT2D eigenvalue weighted by Crippen LogP contribution is 2.32. The Bertz CT molecular complexity index is 879. The van der Waals surface area contributed by atoms with Crippen LogP contribution in [0.3, 0.4) is 0 Å². The first-order valence-electron chi connectivity index (χ1n) is 6.94. The van der Waals surface area contributed by atoms with Gasteiger partial charge in [-0.1, -0.05) is 29.8 Å². The highest BCUT2D eigenvalue weighted by molar-refractivity contribution is 5.88. The van der Waals surface area contributed by atoms with Crippen LogP contribution in [-0.2, 0) is 0 Å². The van der Waals surface area contributed by atoms with Crippen LogP contribution in [0.15, 0.2) is 46.9 Å². The van der Waals surface area contributed by atoms with E-state index in [1.807, 2.05) is 37.3 Å². The maximum atomic E-state index is 8.15. The maximum absolute atomic E-state index is 8.15. The number of hydrogen-bond acceptors (Lipinski definition) is 4. The van der Waals surface area contributed by atoms with Gasteiger partial charge in [0.05, 0.1) is 19.6 Å². The summed E-state index contributed by atoms with van der Waals surface area (Å²) in [7, 11) is 3.19. The first-order chi connectivity index (χ1) is 10.6. The number of hydrogen-bond donors (Lipinski definition) is 1. The highest BCUT2D eigenvalue weighted by atomic mass is 16.5. The van der Waals surface area contributed by atoms with Crippen LogP contribution >= 0.6 is 0 Å². The molecule has 1 N–H and O–H groups in total. The van der Waals surface area contributed by atoms with Gasteiger partial charge in [0, 0.05) is 17.7 Å². The molecule has 2 aromatic carbocycles. The van der Waals surface area contributed by atoms with E-state index in [1.54, 1.807) is 26.4 Å². The van der Waals surface area contributed by atoms with Crippen LogP contribution in [0.5, 0.6) is 11.5 Å². The zero-order valence-electron chi connectivity index (χ0n) is 12.8. The molecule has 1 heterocycles. The SMILES string of the molecule is COc1cc(OC)c2cc(-c3ccc(C)cc3)c(=N)oc2c1. The van der Waals surface area contributed by atoms with Crippen molar-refractivity contribution in [3.63, 3.8) is 0 Å². The monoisotopic (exact) mass is 295 g/mol. The Hall–Kier alpha value is -2.75. The van der Waals surface area contributed by atoms with Crippen LogP contribution in [0.1, 0.15) is 5.56 Å². The fourth-order valence-corrected chi connectivity index (χ4v) is 2.41. The molecule has 0 saturated heterocycles. The van der Waals surface area contributed by atoms with Crippen LogP contribution in [-0.4, -0.2) is 14.2 Å². The van der Waals surface area contributed by atoms with Crippen LogP contribution in [0, 0.1) is 12.3 Å². The molecule has 3 aromatic rings. The molecule has 3 rings (SSSR count). The molecule has 0 fully saturated rings. The molecule has 1 aromatic heterocycles. The molecule has 0 amide bonds. The minimum absolute atomic E-state index is 0.117. The first kappa shape index (κ1) is 14.2. The number of benzene rings is 2. The topological polar surface area (TPSA) is 55.5 Å². The third kappa shape index (κ3) is 2.44. The van der Waals surface area contributed by atoms with Gasteiger partial charge in [-0.05, 0) is 18.6 Å². The van der Waals surface area contributed by atoms with E-state index in [-0.39, 0.29) is 5.55 Å². The fraction of sp³-hybridized carbons (Fsp3) is 0.167. The summed E-state index contributed by atoms with van der Waals surface area (Å²) < 4.78 is 16.3. The van der Waals surface area contributed by atoms with E-state index in [2.05, 4.69) is 0 Å². The minimum atomic E-state index is 0.117. The minimum Gasteiger partial charge on any atom is -0.496 e. The van der Waals surface area contributed by atoms with Crippen molar-refractivity contribution in [3.8, 4) is 22.6 Å². The number of fused-ring (bicyclic) bond motifs is 1. The van der Waals surface area contributed by atoms with Gasteiger partial charge in [-0.25, -0.2) is 0 Å². The van der Waals surface area contributed by atoms with Gasteiger partial charge in [-0.15, -0.1) is 0 Å². The quantitative estimate of drug-likeness (QED) is 0.797. The molecule has 0 aliphatic heterocycles. The molecule has 0 bridgehead atoms. The fourth-order valence-electron chi connectivity index (χ4n) is 2.41. The zero-order valence-corrected chi connectivity index (χ0v) is 12.8. The maximum Gasteiger partial charge on any atom is 0.219 e. The van der Waals surface area contributed by atoms with E-state index in [4.69, 9.17) is 19.3 Å². The van der Waals surface area contributed by atoms with Crippen LogP contribution < -0.4 is 15.0 Å². The lowest BCUT2D eigenvalue weighted by Gasteiger charge is -2.10. The summed E-state index contributed by atoms with van der Waals surface area (Å²) in [6.07, 6.45) is 0. The van der Waals surface area contributed by atoms with Gasteiger partial charge in [-0.2, -0.15) is 0 Å². The average molecular weight is 295 g/mol. The van der Waals surface area contributed by atoms with E-state index in [0.29, 0.717) is 17.1 Å². The van der Waals surface area contributed by atoms with Crippen molar-refractivity contribution in [2.75, 3.05) is 14.2 Å². The van der Waals surface area contributed by atoms with Crippen molar-refractivity contribution in [1.29, 1.82) is 5.41 Å². The van der Waals surface area contributed by atoms with Gasteiger partial charge >= 0.3 is 0 Å². The summed E-state index contributed by atoms with van der Waals surface area (Å²) >= 11 is 0. The van der Waals surface area contributed by atoms with E-state index in [9.17, 15) is 0 Å². The normalized spacial score (nSPS) is 10.7. The molecule has 22 heavy (non-hydrogen) atoms. The first-order valence-corrected chi connectivity index (χ1v) is 6.94. The molecule has 4 nitrogen and oxygen atoms in total. The lowest BCUT2D eigenvalue weighted by Crippen LogP contribution is -2.03. The van der Waals surface area contributed by atoms with Crippen LogP contribution in [0.25, 0.3) is 22.1 Å². The molecule has 0 spiro atoms. The number of ether oxygens (including phenoxy) is 2. The molecular formula is C18H17NO3. The Labute approximate surface area is 128 Å². The van der Waals surface area contributed by atoms with Crippen molar-refractivity contribution in [1.82, 2.24) is 0 Å². The second-order valence-electron chi connectivity index (χ2n) is 5.10. The van der Waals surface area contributed by atoms with Crippen molar-refractivity contribution in [2.45, 2.75) is 6.92 Å². The predicted molar refractivity (Wildman–Crippen MR) is 85.3 cm³/mol. The van der Waals surface area contributed by atoms with Gasteiger partial charge in [0.25, 0.3) is 0 Å². The predicted octanol–water partition coefficient (Wildman–Crippen LogP) is 3.90. The highest BCUT2D eigenvalue weighted by Gasteiger charge is 2.11. The Morgan fingerprint density at radius 2 is 1.68 bits per heavy atom. The van der Waals surface area contributed by atoms with Crippen LogP contribution in [0.4, 0.5) is 0 Å². The molecule has 0 atom stereocenters. The summed E-state index contributed by atoms with van der Waals surface area (Å²) in [6.45, 7) is 2.03. The number of nitrogens with one attached hydrogen (secondary N) is 1. The third-order valence-electron chi connectivity index (χ3n) is 3.64. The number of aryl methyl sites for hydroxylation is 1. The molecule has 0 aliphatic rings. The second kappa shape index (κ2) is 5.56. The summed E-state index contributed by atoms with van der Waals surface area (Å²) in [5.41, 5.74) is 3.54. The number of rotatable bonds is 3. The standard InChI is InChI=1S/C18H17NO3/c1-11-4-6-12(7-5-11)14-10-15-16(21-3)8-13(20-2)9-17(15)22-18(14)19/h4-10,19H,1-3H3. The summed E-state index contributed by atoms with van der Waals surface area (Å²) in [6, 6.07) is 13.5. The van der Waals surface area contributed by atoms with Crippen LogP contribution in [0.2, 0.25) is 0 Å². The molecule has 0 saturated carbocycles. The Balaban J connectivity index is 2.27. The Morgan fingerprint density at radius 3 is 2.32 bits per heavy atom. The van der Waals surface area contributed by atoms with Gasteiger partial charge in [-0.3, -0.25) is 5.41 Å². The van der Waals surface area contributed by atoms with Gasteiger partial charge < -0.3 is 13.9 Å². The number of methoxy groups -OCH3 is 2. The van der Waals surface area contributed by atoms with Crippen molar-refractivity contribution >= 4 is 11.0 Å². The Morgan fingerprint density at radius 1 is 0.955 bits per heavy atom. The molecule has 0 radical (unpaired) electrons. The van der Waals surface area contributed by atoms with E-state index < -0.39 is 0 Å². The molecule has 112 valence electrons. The lowest BCUT2D eigenvalue weighted by molar-refractivity contribution is 0.395.